The van der Waals surface area contributed by atoms with Crippen LogP contribution in [-0.4, -0.2) is 55.0 Å². The minimum atomic E-state index is 0.114. The van der Waals surface area contributed by atoms with Crippen molar-refractivity contribution in [1.82, 2.24) is 20.2 Å². The molecule has 0 spiro atoms. The van der Waals surface area contributed by atoms with Crippen molar-refractivity contribution in [2.45, 2.75) is 38.1 Å². The topological polar surface area (TPSA) is 61.4 Å². The van der Waals surface area contributed by atoms with E-state index in [1.165, 1.54) is 12.0 Å². The smallest absolute Gasteiger partial charge is 0.223 e. The summed E-state index contributed by atoms with van der Waals surface area (Å²) in [4.78, 5) is 25.8. The number of aromatic nitrogens is 2. The van der Waals surface area contributed by atoms with E-state index in [-0.39, 0.29) is 5.91 Å². The summed E-state index contributed by atoms with van der Waals surface area (Å²) in [6.45, 7) is 2.46. The molecule has 1 atom stereocenters. The highest BCUT2D eigenvalue weighted by atomic mass is 16.2. The van der Waals surface area contributed by atoms with Crippen molar-refractivity contribution >= 4 is 11.7 Å². The summed E-state index contributed by atoms with van der Waals surface area (Å²) in [7, 11) is 5.81. The fraction of sp³-hybridized carbons (Fsp3) is 0.500. The first-order valence-corrected chi connectivity index (χ1v) is 10.1. The summed E-state index contributed by atoms with van der Waals surface area (Å²) in [6, 6.07) is 12.2. The number of carbonyl (C=O) groups excluding carboxylic acids is 1. The van der Waals surface area contributed by atoms with Gasteiger partial charge in [-0.2, -0.15) is 0 Å². The molecule has 6 heteroatoms. The Balaban J connectivity index is 1.67. The summed E-state index contributed by atoms with van der Waals surface area (Å²) in [5.41, 5.74) is 2.26. The Morgan fingerprint density at radius 2 is 1.96 bits per heavy atom. The van der Waals surface area contributed by atoms with Crippen molar-refractivity contribution in [2.24, 2.45) is 0 Å². The zero-order valence-electron chi connectivity index (χ0n) is 17.2. The number of amides is 1. The molecule has 1 aromatic heterocycles. The first-order chi connectivity index (χ1) is 13.5. The summed E-state index contributed by atoms with van der Waals surface area (Å²) < 4.78 is 0. The van der Waals surface area contributed by atoms with Gasteiger partial charge in [-0.05, 0) is 31.4 Å². The fourth-order valence-electron chi connectivity index (χ4n) is 3.50. The molecule has 150 valence electrons. The molecule has 0 bridgehead atoms. The van der Waals surface area contributed by atoms with E-state index in [2.05, 4.69) is 28.5 Å². The summed E-state index contributed by atoms with van der Waals surface area (Å²) in [5, 5.41) is 3.45. The summed E-state index contributed by atoms with van der Waals surface area (Å²) in [6.07, 6.45) is 3.55. The van der Waals surface area contributed by atoms with Crippen LogP contribution < -0.4 is 10.2 Å². The first kappa shape index (κ1) is 20.3. The number of anilines is 1. The lowest BCUT2D eigenvalue weighted by molar-refractivity contribution is -0.130. The van der Waals surface area contributed by atoms with E-state index in [0.29, 0.717) is 24.7 Å². The van der Waals surface area contributed by atoms with Gasteiger partial charge in [0.1, 0.15) is 11.6 Å². The van der Waals surface area contributed by atoms with Gasteiger partial charge in [-0.1, -0.05) is 30.3 Å². The molecule has 1 aliphatic rings. The highest BCUT2D eigenvalue weighted by molar-refractivity contribution is 5.76. The predicted octanol–water partition coefficient (Wildman–Crippen LogP) is 2.60. The molecule has 0 radical (unpaired) electrons. The average Bonchev–Trinajstić information content (AvgIpc) is 2.73. The molecule has 28 heavy (non-hydrogen) atoms. The molecule has 3 rings (SSSR count). The second kappa shape index (κ2) is 9.64. The number of nitrogens with one attached hydrogen (secondary N) is 1. The van der Waals surface area contributed by atoms with Gasteiger partial charge in [0, 0.05) is 46.1 Å². The Hall–Kier alpha value is -2.47. The number of carbonyl (C=O) groups is 1. The van der Waals surface area contributed by atoms with Crippen molar-refractivity contribution in [3.8, 4) is 0 Å². The minimum Gasteiger partial charge on any atom is -0.363 e. The second-order valence-corrected chi connectivity index (χ2v) is 7.74. The largest absolute Gasteiger partial charge is 0.363 e. The van der Waals surface area contributed by atoms with Crippen LogP contribution in [0.4, 0.5) is 5.82 Å². The molecule has 1 aromatic carbocycles. The molecule has 2 heterocycles. The molecular weight excluding hydrogens is 350 g/mol. The summed E-state index contributed by atoms with van der Waals surface area (Å²) >= 11 is 0. The second-order valence-electron chi connectivity index (χ2n) is 7.74. The Kier molecular flexibility index (Phi) is 6.98. The van der Waals surface area contributed by atoms with Gasteiger partial charge in [0.15, 0.2) is 0 Å². The van der Waals surface area contributed by atoms with Gasteiger partial charge < -0.3 is 15.1 Å². The third-order valence-corrected chi connectivity index (χ3v) is 5.23. The molecule has 1 saturated heterocycles. The maximum absolute atomic E-state index is 12.6. The zero-order chi connectivity index (χ0) is 19.9. The molecule has 1 amide bonds. The van der Waals surface area contributed by atoms with E-state index in [1.54, 1.807) is 4.90 Å². The van der Waals surface area contributed by atoms with Crippen molar-refractivity contribution in [3.05, 3.63) is 53.5 Å². The lowest BCUT2D eigenvalue weighted by Crippen LogP contribution is -2.30. The van der Waals surface area contributed by atoms with Crippen LogP contribution in [0.2, 0.25) is 0 Å². The van der Waals surface area contributed by atoms with E-state index in [9.17, 15) is 4.79 Å². The molecule has 1 fully saturated rings. The van der Waals surface area contributed by atoms with Gasteiger partial charge >= 0.3 is 0 Å². The lowest BCUT2D eigenvalue weighted by atomic mass is 9.96. The van der Waals surface area contributed by atoms with Crippen LogP contribution in [0.25, 0.3) is 0 Å². The monoisotopic (exact) mass is 381 g/mol. The number of hydrogen-bond donors (Lipinski definition) is 1. The van der Waals surface area contributed by atoms with E-state index in [0.717, 1.165) is 37.4 Å². The highest BCUT2D eigenvalue weighted by Crippen LogP contribution is 2.24. The van der Waals surface area contributed by atoms with E-state index >= 15 is 0 Å². The highest BCUT2D eigenvalue weighted by Gasteiger charge is 2.20. The SMILES string of the molecule is CN(Cc1nc(C2CCCNC2)cc(N(C)C)n1)C(=O)CCc1ccccc1. The number of benzene rings is 1. The van der Waals surface area contributed by atoms with E-state index in [1.807, 2.05) is 44.2 Å². The van der Waals surface area contributed by atoms with Gasteiger partial charge in [-0.25, -0.2) is 9.97 Å². The van der Waals surface area contributed by atoms with Crippen molar-refractivity contribution in [1.29, 1.82) is 0 Å². The Labute approximate surface area is 168 Å². The molecule has 2 aromatic rings. The third kappa shape index (κ3) is 5.52. The van der Waals surface area contributed by atoms with Crippen LogP contribution in [0.1, 0.15) is 42.3 Å². The van der Waals surface area contributed by atoms with Gasteiger partial charge in [-0.15, -0.1) is 0 Å². The van der Waals surface area contributed by atoms with Crippen LogP contribution >= 0.6 is 0 Å². The molecule has 6 nitrogen and oxygen atoms in total. The van der Waals surface area contributed by atoms with Crippen LogP contribution in [0.3, 0.4) is 0 Å². The number of nitrogens with zero attached hydrogens (tertiary/aromatic N) is 4. The molecule has 0 aliphatic carbocycles. The minimum absolute atomic E-state index is 0.114. The van der Waals surface area contributed by atoms with Crippen LogP contribution in [0.5, 0.6) is 0 Å². The van der Waals surface area contributed by atoms with Crippen molar-refractivity contribution in [3.63, 3.8) is 0 Å². The maximum atomic E-state index is 12.6. The fourth-order valence-corrected chi connectivity index (χ4v) is 3.50. The zero-order valence-corrected chi connectivity index (χ0v) is 17.2. The van der Waals surface area contributed by atoms with Crippen LogP contribution in [0, 0.1) is 0 Å². The van der Waals surface area contributed by atoms with Crippen LogP contribution in [0.15, 0.2) is 36.4 Å². The average molecular weight is 382 g/mol. The number of hydrogen-bond acceptors (Lipinski definition) is 5. The van der Waals surface area contributed by atoms with Gasteiger partial charge in [-0.3, -0.25) is 4.79 Å². The van der Waals surface area contributed by atoms with E-state index in [4.69, 9.17) is 4.98 Å². The molecular formula is C22H31N5O. The first-order valence-electron chi connectivity index (χ1n) is 10.1. The normalized spacial score (nSPS) is 16.6. The third-order valence-electron chi connectivity index (χ3n) is 5.23. The Morgan fingerprint density at radius 1 is 1.18 bits per heavy atom. The Morgan fingerprint density at radius 3 is 2.64 bits per heavy atom. The maximum Gasteiger partial charge on any atom is 0.223 e. The Bertz CT molecular complexity index is 772. The number of rotatable bonds is 7. The van der Waals surface area contributed by atoms with Crippen molar-refractivity contribution in [2.75, 3.05) is 39.1 Å². The molecule has 1 unspecified atom stereocenters. The van der Waals surface area contributed by atoms with E-state index < -0.39 is 0 Å². The molecule has 0 saturated carbocycles. The van der Waals surface area contributed by atoms with Gasteiger partial charge in [0.25, 0.3) is 0 Å². The quantitative estimate of drug-likeness (QED) is 0.799. The summed E-state index contributed by atoms with van der Waals surface area (Å²) in [5.74, 6) is 2.13. The standard InChI is InChI=1S/C22H31N5O/c1-26(2)21-14-19(18-10-7-13-23-15-18)24-20(25-21)16-27(3)22(28)12-11-17-8-5-4-6-9-17/h4-6,8-9,14,18,23H,7,10-13,15-16H2,1-3H3. The van der Waals surface area contributed by atoms with Gasteiger partial charge in [0.05, 0.1) is 12.2 Å². The lowest BCUT2D eigenvalue weighted by Gasteiger charge is -2.24. The van der Waals surface area contributed by atoms with Crippen molar-refractivity contribution < 1.29 is 4.79 Å². The van der Waals surface area contributed by atoms with Crippen LogP contribution in [-0.2, 0) is 17.8 Å². The molecule has 1 N–H and O–H groups in total. The van der Waals surface area contributed by atoms with Gasteiger partial charge in [0.2, 0.25) is 5.91 Å². The number of piperidine rings is 1. The predicted molar refractivity (Wildman–Crippen MR) is 112 cm³/mol. The number of aryl methyl sites for hydroxylation is 1. The molecule has 1 aliphatic heterocycles.